The third-order valence-corrected chi connectivity index (χ3v) is 6.62. The van der Waals surface area contributed by atoms with Gasteiger partial charge in [0.05, 0.1) is 11.6 Å². The Hall–Kier alpha value is -2.54. The Morgan fingerprint density at radius 1 is 1.08 bits per heavy atom. The molecule has 0 saturated heterocycles. The molecule has 0 radical (unpaired) electrons. The molecule has 0 aromatic heterocycles. The molecule has 25 heavy (non-hydrogen) atoms. The van der Waals surface area contributed by atoms with Gasteiger partial charge in [0.15, 0.2) is 11.5 Å². The Balaban J connectivity index is 1.78. The lowest BCUT2D eigenvalue weighted by molar-refractivity contribution is 0.0838. The summed E-state index contributed by atoms with van der Waals surface area (Å²) in [5, 5.41) is 0. The number of ether oxygens (including phenoxy) is 2. The van der Waals surface area contributed by atoms with Gasteiger partial charge in [-0.3, -0.25) is 4.79 Å². The molecule has 1 unspecified atom stereocenters. The molecule has 0 bridgehead atoms. The van der Waals surface area contributed by atoms with Crippen molar-refractivity contribution in [3.05, 3.63) is 53.1 Å². The molecular formula is C18H17NO5S. The first-order valence-electron chi connectivity index (χ1n) is 7.99. The van der Waals surface area contributed by atoms with E-state index in [1.807, 2.05) is 0 Å². The highest BCUT2D eigenvalue weighted by Gasteiger charge is 2.45. The van der Waals surface area contributed by atoms with Crippen LogP contribution < -0.4 is 9.47 Å². The van der Waals surface area contributed by atoms with Gasteiger partial charge >= 0.3 is 0 Å². The highest BCUT2D eigenvalue weighted by Crippen LogP contribution is 2.40. The molecule has 2 aliphatic heterocycles. The fourth-order valence-corrected chi connectivity index (χ4v) is 5.29. The van der Waals surface area contributed by atoms with Crippen molar-refractivity contribution in [3.63, 3.8) is 0 Å². The van der Waals surface area contributed by atoms with Gasteiger partial charge in [-0.15, -0.1) is 0 Å². The Bertz CT molecular complexity index is 983. The molecule has 7 heteroatoms. The quantitative estimate of drug-likeness (QED) is 0.824. The van der Waals surface area contributed by atoms with E-state index in [1.54, 1.807) is 50.2 Å². The highest BCUT2D eigenvalue weighted by atomic mass is 32.2. The van der Waals surface area contributed by atoms with E-state index >= 15 is 0 Å². The average Bonchev–Trinajstić information content (AvgIpc) is 2.81. The van der Waals surface area contributed by atoms with Gasteiger partial charge < -0.3 is 9.47 Å². The van der Waals surface area contributed by atoms with Crippen LogP contribution in [0.25, 0.3) is 0 Å². The van der Waals surface area contributed by atoms with Crippen LogP contribution in [0.1, 0.15) is 34.5 Å². The van der Waals surface area contributed by atoms with Gasteiger partial charge in [0.1, 0.15) is 18.1 Å². The van der Waals surface area contributed by atoms with Crippen LogP contribution in [0, 0.1) is 6.92 Å². The normalized spacial score (nSPS) is 18.8. The van der Waals surface area contributed by atoms with Crippen molar-refractivity contribution in [2.24, 2.45) is 0 Å². The van der Waals surface area contributed by atoms with Crippen molar-refractivity contribution in [2.45, 2.75) is 24.8 Å². The Morgan fingerprint density at radius 2 is 1.80 bits per heavy atom. The highest BCUT2D eigenvalue weighted by molar-refractivity contribution is 7.90. The summed E-state index contributed by atoms with van der Waals surface area (Å²) >= 11 is 0. The smallest absolute Gasteiger partial charge is 0.269 e. The Kier molecular flexibility index (Phi) is 3.50. The molecule has 6 nitrogen and oxygen atoms in total. The lowest BCUT2D eigenvalue weighted by Crippen LogP contribution is -2.33. The first kappa shape index (κ1) is 16.0. The first-order chi connectivity index (χ1) is 11.9. The fourth-order valence-electron chi connectivity index (χ4n) is 3.33. The molecule has 0 saturated carbocycles. The van der Waals surface area contributed by atoms with Crippen LogP contribution >= 0.6 is 0 Å². The summed E-state index contributed by atoms with van der Waals surface area (Å²) in [5.41, 5.74) is 1.47. The number of amides is 1. The SMILES string of the molecule is Cc1cccc2c1S(=O)(=O)N(C(C)c1ccc3c(c1)OCCO3)C2=O. The minimum absolute atomic E-state index is 0.101. The van der Waals surface area contributed by atoms with E-state index < -0.39 is 22.0 Å². The summed E-state index contributed by atoms with van der Waals surface area (Å²) in [4.78, 5) is 12.9. The number of aryl methyl sites for hydroxylation is 1. The number of nitrogens with zero attached hydrogens (tertiary/aromatic N) is 1. The zero-order valence-corrected chi connectivity index (χ0v) is 14.7. The van der Waals surface area contributed by atoms with Crippen LogP contribution in [-0.4, -0.2) is 31.8 Å². The summed E-state index contributed by atoms with van der Waals surface area (Å²) in [6.45, 7) is 4.32. The second-order valence-corrected chi connectivity index (χ2v) is 7.89. The molecule has 0 N–H and O–H groups in total. The van der Waals surface area contributed by atoms with Crippen molar-refractivity contribution < 1.29 is 22.7 Å². The summed E-state index contributed by atoms with van der Waals surface area (Å²) in [6.07, 6.45) is 0. The van der Waals surface area contributed by atoms with E-state index in [0.29, 0.717) is 35.8 Å². The molecule has 2 aromatic carbocycles. The van der Waals surface area contributed by atoms with E-state index in [-0.39, 0.29) is 10.5 Å². The first-order valence-corrected chi connectivity index (χ1v) is 9.43. The van der Waals surface area contributed by atoms with E-state index in [9.17, 15) is 13.2 Å². The zero-order chi connectivity index (χ0) is 17.8. The van der Waals surface area contributed by atoms with Crippen LogP contribution in [0.2, 0.25) is 0 Å². The number of carbonyl (C=O) groups is 1. The Morgan fingerprint density at radius 3 is 2.52 bits per heavy atom. The molecule has 130 valence electrons. The van der Waals surface area contributed by atoms with Gasteiger partial charge in [0.2, 0.25) is 0 Å². The number of benzene rings is 2. The van der Waals surface area contributed by atoms with Crippen molar-refractivity contribution >= 4 is 15.9 Å². The largest absolute Gasteiger partial charge is 0.486 e. The second kappa shape index (κ2) is 5.49. The van der Waals surface area contributed by atoms with E-state index in [1.165, 1.54) is 0 Å². The van der Waals surface area contributed by atoms with E-state index in [2.05, 4.69) is 0 Å². The maximum atomic E-state index is 13.0. The molecule has 1 amide bonds. The molecule has 1 atom stereocenters. The number of fused-ring (bicyclic) bond motifs is 2. The van der Waals surface area contributed by atoms with E-state index in [4.69, 9.17) is 9.47 Å². The Labute approximate surface area is 146 Å². The summed E-state index contributed by atoms with van der Waals surface area (Å²) in [5.74, 6) is 0.686. The molecule has 0 aliphatic carbocycles. The van der Waals surface area contributed by atoms with Gasteiger partial charge in [-0.1, -0.05) is 18.2 Å². The second-order valence-electron chi connectivity index (χ2n) is 6.14. The van der Waals surface area contributed by atoms with Crippen molar-refractivity contribution in [1.29, 1.82) is 0 Å². The number of carbonyl (C=O) groups excluding carboxylic acids is 1. The molecule has 2 aliphatic rings. The summed E-state index contributed by atoms with van der Waals surface area (Å²) in [6, 6.07) is 9.53. The standard InChI is InChI=1S/C18H17NO5S/c1-11-4-3-5-14-17(11)25(21,22)19(18(14)20)12(2)13-6-7-15-16(10-13)24-9-8-23-15/h3-7,10,12H,8-9H2,1-2H3. The van der Waals surface area contributed by atoms with Gasteiger partial charge in [-0.2, -0.15) is 0 Å². The number of rotatable bonds is 2. The molecule has 2 aromatic rings. The lowest BCUT2D eigenvalue weighted by atomic mass is 10.1. The summed E-state index contributed by atoms with van der Waals surface area (Å²) in [7, 11) is -3.88. The molecule has 0 spiro atoms. The number of sulfonamides is 1. The molecule has 4 rings (SSSR count). The van der Waals surface area contributed by atoms with Crippen molar-refractivity contribution in [3.8, 4) is 11.5 Å². The lowest BCUT2D eigenvalue weighted by Gasteiger charge is -2.25. The van der Waals surface area contributed by atoms with Crippen molar-refractivity contribution in [1.82, 2.24) is 4.31 Å². The maximum Gasteiger partial charge on any atom is 0.269 e. The van der Waals surface area contributed by atoms with Gasteiger partial charge in [0, 0.05) is 0 Å². The minimum atomic E-state index is -3.88. The van der Waals surface area contributed by atoms with Crippen LogP contribution in [0.4, 0.5) is 0 Å². The predicted octanol–water partition coefficient (Wildman–Crippen LogP) is 2.67. The zero-order valence-electron chi connectivity index (χ0n) is 13.9. The monoisotopic (exact) mass is 359 g/mol. The average molecular weight is 359 g/mol. The number of hydrogen-bond acceptors (Lipinski definition) is 5. The third-order valence-electron chi connectivity index (χ3n) is 4.56. The fraction of sp³-hybridized carbons (Fsp3) is 0.278. The van der Waals surface area contributed by atoms with Crippen LogP contribution in [0.5, 0.6) is 11.5 Å². The summed E-state index contributed by atoms with van der Waals surface area (Å²) < 4.78 is 37.9. The number of hydrogen-bond donors (Lipinski definition) is 0. The van der Waals surface area contributed by atoms with Gasteiger partial charge in [-0.25, -0.2) is 12.7 Å². The van der Waals surface area contributed by atoms with Gasteiger partial charge in [-0.05, 0) is 43.2 Å². The minimum Gasteiger partial charge on any atom is -0.486 e. The molecule has 2 heterocycles. The van der Waals surface area contributed by atoms with E-state index in [0.717, 1.165) is 4.31 Å². The van der Waals surface area contributed by atoms with Crippen LogP contribution in [0.3, 0.4) is 0 Å². The molecular weight excluding hydrogens is 342 g/mol. The predicted molar refractivity (Wildman–Crippen MR) is 90.4 cm³/mol. The molecule has 0 fully saturated rings. The van der Waals surface area contributed by atoms with Gasteiger partial charge in [0.25, 0.3) is 15.9 Å². The topological polar surface area (TPSA) is 72.9 Å². The third kappa shape index (κ3) is 2.30. The van der Waals surface area contributed by atoms with Crippen LogP contribution in [0.15, 0.2) is 41.3 Å². The van der Waals surface area contributed by atoms with Crippen LogP contribution in [-0.2, 0) is 10.0 Å². The van der Waals surface area contributed by atoms with Crippen molar-refractivity contribution in [2.75, 3.05) is 13.2 Å². The maximum absolute atomic E-state index is 13.0.